The van der Waals surface area contributed by atoms with Crippen molar-refractivity contribution >= 4 is 0 Å². The summed E-state index contributed by atoms with van der Waals surface area (Å²) in [4.78, 5) is 2.38. The van der Waals surface area contributed by atoms with Crippen molar-refractivity contribution in [3.63, 3.8) is 0 Å². The molecule has 1 N–H and O–H groups in total. The molecule has 106 valence electrons. The van der Waals surface area contributed by atoms with Gasteiger partial charge in [0, 0.05) is 18.6 Å². The molecular formula is C15H23FN2O. The number of hydrogen-bond acceptors (Lipinski definition) is 3. The molecule has 1 aromatic rings. The zero-order chi connectivity index (χ0) is 13.9. The van der Waals surface area contributed by atoms with E-state index < -0.39 is 0 Å². The summed E-state index contributed by atoms with van der Waals surface area (Å²) in [7, 11) is 1.49. The Kier molecular flexibility index (Phi) is 4.42. The van der Waals surface area contributed by atoms with Gasteiger partial charge >= 0.3 is 0 Å². The van der Waals surface area contributed by atoms with Gasteiger partial charge in [-0.15, -0.1) is 0 Å². The molecule has 4 heteroatoms. The van der Waals surface area contributed by atoms with Gasteiger partial charge in [0.25, 0.3) is 0 Å². The minimum Gasteiger partial charge on any atom is -0.494 e. The minimum absolute atomic E-state index is 0.113. The van der Waals surface area contributed by atoms with Crippen molar-refractivity contribution < 1.29 is 9.13 Å². The first-order valence-corrected chi connectivity index (χ1v) is 6.80. The Hall–Kier alpha value is -1.13. The van der Waals surface area contributed by atoms with E-state index >= 15 is 0 Å². The Morgan fingerprint density at radius 1 is 1.42 bits per heavy atom. The molecule has 1 heterocycles. The van der Waals surface area contributed by atoms with E-state index in [4.69, 9.17) is 4.74 Å². The molecule has 19 heavy (non-hydrogen) atoms. The van der Waals surface area contributed by atoms with Crippen molar-refractivity contribution in [3.8, 4) is 5.75 Å². The van der Waals surface area contributed by atoms with Crippen LogP contribution in [0.4, 0.5) is 4.39 Å². The molecule has 1 aliphatic rings. The minimum atomic E-state index is -0.285. The number of rotatable bonds is 3. The SMILES string of the molecule is COc1ccc(CN2CCCNC(C)(C)C2)cc1F. The van der Waals surface area contributed by atoms with E-state index in [-0.39, 0.29) is 11.4 Å². The van der Waals surface area contributed by atoms with E-state index in [1.54, 1.807) is 12.1 Å². The standard InChI is InChI=1S/C15H23FN2O/c1-15(2)11-18(8-4-7-17-15)10-12-5-6-14(19-3)13(16)9-12/h5-6,9,17H,4,7-8,10-11H2,1-3H3. The topological polar surface area (TPSA) is 24.5 Å². The third kappa shape index (κ3) is 3.91. The van der Waals surface area contributed by atoms with Crippen LogP contribution in [0.1, 0.15) is 25.8 Å². The van der Waals surface area contributed by atoms with E-state index in [1.165, 1.54) is 7.11 Å². The number of methoxy groups -OCH3 is 1. The van der Waals surface area contributed by atoms with Crippen LogP contribution >= 0.6 is 0 Å². The molecule has 0 aromatic heterocycles. The maximum atomic E-state index is 13.7. The third-order valence-electron chi connectivity index (χ3n) is 3.50. The molecule has 0 radical (unpaired) electrons. The molecule has 3 nitrogen and oxygen atoms in total. The lowest BCUT2D eigenvalue weighted by Gasteiger charge is -2.30. The molecule has 1 aliphatic heterocycles. The average Bonchev–Trinajstić information content (AvgIpc) is 2.50. The Morgan fingerprint density at radius 2 is 2.21 bits per heavy atom. The van der Waals surface area contributed by atoms with Crippen LogP contribution in [0.5, 0.6) is 5.75 Å². The van der Waals surface area contributed by atoms with Gasteiger partial charge < -0.3 is 10.1 Å². The predicted molar refractivity (Wildman–Crippen MR) is 74.9 cm³/mol. The summed E-state index contributed by atoms with van der Waals surface area (Å²) in [6, 6.07) is 5.21. The van der Waals surface area contributed by atoms with Crippen LogP contribution < -0.4 is 10.1 Å². The molecule has 0 amide bonds. The quantitative estimate of drug-likeness (QED) is 0.909. The van der Waals surface area contributed by atoms with Crippen LogP contribution in [-0.2, 0) is 6.54 Å². The molecule has 0 bridgehead atoms. The molecule has 0 atom stereocenters. The lowest BCUT2D eigenvalue weighted by atomic mass is 10.1. The summed E-state index contributed by atoms with van der Waals surface area (Å²) >= 11 is 0. The fourth-order valence-corrected chi connectivity index (χ4v) is 2.62. The van der Waals surface area contributed by atoms with Crippen LogP contribution in [0.25, 0.3) is 0 Å². The highest BCUT2D eigenvalue weighted by atomic mass is 19.1. The maximum Gasteiger partial charge on any atom is 0.165 e. The zero-order valence-electron chi connectivity index (χ0n) is 12.0. The van der Waals surface area contributed by atoms with E-state index in [0.29, 0.717) is 5.75 Å². The van der Waals surface area contributed by atoms with Gasteiger partial charge in [-0.25, -0.2) is 4.39 Å². The Bertz CT molecular complexity index is 434. The molecule has 0 saturated carbocycles. The first kappa shape index (κ1) is 14.3. The van der Waals surface area contributed by atoms with Crippen molar-refractivity contribution in [2.75, 3.05) is 26.7 Å². The summed E-state index contributed by atoms with van der Waals surface area (Å²) in [5.41, 5.74) is 1.11. The highest BCUT2D eigenvalue weighted by Gasteiger charge is 2.23. The summed E-state index contributed by atoms with van der Waals surface area (Å²) in [6.07, 6.45) is 1.13. The van der Waals surface area contributed by atoms with Gasteiger partial charge in [-0.05, 0) is 51.1 Å². The number of nitrogens with zero attached hydrogens (tertiary/aromatic N) is 1. The van der Waals surface area contributed by atoms with E-state index in [1.807, 2.05) is 6.07 Å². The fourth-order valence-electron chi connectivity index (χ4n) is 2.62. The van der Waals surface area contributed by atoms with Gasteiger partial charge in [0.15, 0.2) is 11.6 Å². The van der Waals surface area contributed by atoms with Crippen molar-refractivity contribution in [2.45, 2.75) is 32.4 Å². The first-order chi connectivity index (χ1) is 9.00. The fraction of sp³-hybridized carbons (Fsp3) is 0.600. The number of ether oxygens (including phenoxy) is 1. The predicted octanol–water partition coefficient (Wildman–Crippen LogP) is 2.41. The van der Waals surface area contributed by atoms with Gasteiger partial charge in [-0.2, -0.15) is 0 Å². The molecule has 2 rings (SSSR count). The highest BCUT2D eigenvalue weighted by Crippen LogP contribution is 2.20. The number of benzene rings is 1. The van der Waals surface area contributed by atoms with E-state index in [2.05, 4.69) is 24.1 Å². The maximum absolute atomic E-state index is 13.7. The molecule has 1 aromatic carbocycles. The van der Waals surface area contributed by atoms with Crippen LogP contribution in [0.15, 0.2) is 18.2 Å². The highest BCUT2D eigenvalue weighted by molar-refractivity contribution is 5.29. The summed E-state index contributed by atoms with van der Waals surface area (Å²) in [5, 5.41) is 3.53. The van der Waals surface area contributed by atoms with E-state index in [9.17, 15) is 4.39 Å². The monoisotopic (exact) mass is 266 g/mol. The second-order valence-electron chi connectivity index (χ2n) is 5.84. The lowest BCUT2D eigenvalue weighted by molar-refractivity contribution is 0.223. The lowest BCUT2D eigenvalue weighted by Crippen LogP contribution is -2.46. The normalized spacial score (nSPS) is 20.0. The largest absolute Gasteiger partial charge is 0.494 e. The van der Waals surface area contributed by atoms with Gasteiger partial charge in [0.2, 0.25) is 0 Å². The van der Waals surface area contributed by atoms with Crippen LogP contribution in [0.2, 0.25) is 0 Å². The Balaban J connectivity index is 2.05. The number of hydrogen-bond donors (Lipinski definition) is 1. The molecule has 1 fully saturated rings. The first-order valence-electron chi connectivity index (χ1n) is 6.80. The van der Waals surface area contributed by atoms with Gasteiger partial charge in [0.1, 0.15) is 0 Å². The summed E-state index contributed by atoms with van der Waals surface area (Å²) < 4.78 is 18.6. The third-order valence-corrected chi connectivity index (χ3v) is 3.50. The summed E-state index contributed by atoms with van der Waals surface area (Å²) in [5.74, 6) is 0.0221. The molecular weight excluding hydrogens is 243 g/mol. The number of halogens is 1. The molecule has 0 unspecified atom stereocenters. The average molecular weight is 266 g/mol. The number of nitrogens with one attached hydrogen (secondary N) is 1. The Labute approximate surface area is 114 Å². The van der Waals surface area contributed by atoms with Crippen molar-refractivity contribution in [2.24, 2.45) is 0 Å². The van der Waals surface area contributed by atoms with Crippen LogP contribution in [0, 0.1) is 5.82 Å². The van der Waals surface area contributed by atoms with Crippen molar-refractivity contribution in [3.05, 3.63) is 29.6 Å². The van der Waals surface area contributed by atoms with Crippen molar-refractivity contribution in [1.82, 2.24) is 10.2 Å². The second kappa shape index (κ2) is 5.88. The zero-order valence-corrected chi connectivity index (χ0v) is 12.0. The van der Waals surface area contributed by atoms with Gasteiger partial charge in [0.05, 0.1) is 7.11 Å². The Morgan fingerprint density at radius 3 is 2.89 bits per heavy atom. The van der Waals surface area contributed by atoms with Crippen LogP contribution in [-0.4, -0.2) is 37.2 Å². The summed E-state index contributed by atoms with van der Waals surface area (Å²) in [6.45, 7) is 8.26. The smallest absolute Gasteiger partial charge is 0.165 e. The molecule has 1 saturated heterocycles. The van der Waals surface area contributed by atoms with Crippen molar-refractivity contribution in [1.29, 1.82) is 0 Å². The van der Waals surface area contributed by atoms with Gasteiger partial charge in [-0.1, -0.05) is 6.07 Å². The molecule has 0 aliphatic carbocycles. The second-order valence-corrected chi connectivity index (χ2v) is 5.84. The van der Waals surface area contributed by atoms with E-state index in [0.717, 1.165) is 38.2 Å². The molecule has 0 spiro atoms. The van der Waals surface area contributed by atoms with Crippen LogP contribution in [0.3, 0.4) is 0 Å². The van der Waals surface area contributed by atoms with Gasteiger partial charge in [-0.3, -0.25) is 4.90 Å².